The van der Waals surface area contributed by atoms with E-state index in [9.17, 15) is 14.4 Å². The fraction of sp³-hybridized carbons (Fsp3) is 0.146. The van der Waals surface area contributed by atoms with Crippen molar-refractivity contribution in [3.63, 3.8) is 0 Å². The topological polar surface area (TPSA) is 54.5 Å². The maximum absolute atomic E-state index is 13.7. The minimum absolute atomic E-state index is 0.0419. The van der Waals surface area contributed by atoms with E-state index in [-0.39, 0.29) is 22.9 Å². The highest BCUT2D eigenvalue weighted by atomic mass is 16.2. The summed E-state index contributed by atoms with van der Waals surface area (Å²) >= 11 is 0. The number of rotatable bonds is 2. The van der Waals surface area contributed by atoms with Gasteiger partial charge < -0.3 is 4.90 Å². The summed E-state index contributed by atoms with van der Waals surface area (Å²) in [6.07, 6.45) is 3.65. The van der Waals surface area contributed by atoms with Crippen molar-refractivity contribution in [2.24, 2.45) is 0 Å². The molecule has 0 saturated carbocycles. The van der Waals surface area contributed by atoms with Gasteiger partial charge in [0.1, 0.15) is 0 Å². The normalized spacial score (nSPS) is 16.8. The lowest BCUT2D eigenvalue weighted by Crippen LogP contribution is -2.24. The lowest BCUT2D eigenvalue weighted by Gasteiger charge is -2.30. The second kappa shape index (κ2) is 9.33. The number of ketones is 3. The van der Waals surface area contributed by atoms with Gasteiger partial charge in [0.05, 0.1) is 16.9 Å². The van der Waals surface area contributed by atoms with Gasteiger partial charge in [0.2, 0.25) is 0 Å². The molecule has 2 aliphatic carbocycles. The Morgan fingerprint density at radius 3 is 1.76 bits per heavy atom. The minimum Gasteiger partial charge on any atom is -0.312 e. The number of hydrogen-bond acceptors (Lipinski definition) is 4. The number of fused-ring (bicyclic) bond motifs is 6. The SMILES string of the molecule is Cc1cc(C)c(N2/C(=C/C=C3C(=O)c4cc5ccccc5cc4C3=O)C(C)(C)c3cc4c(cc32)-c2ccccc2C4=O)c(C)c1. The zero-order valence-electron chi connectivity index (χ0n) is 25.9. The molecule has 0 saturated heterocycles. The summed E-state index contributed by atoms with van der Waals surface area (Å²) in [4.78, 5) is 43.1. The molecule has 4 heteroatoms. The number of carbonyl (C=O) groups excluding carboxylic acids is 3. The molecule has 0 unspecified atom stereocenters. The Hall–Kier alpha value is -5.35. The van der Waals surface area contributed by atoms with Gasteiger partial charge in [-0.05, 0) is 95.8 Å². The number of benzene rings is 5. The van der Waals surface area contributed by atoms with Gasteiger partial charge in [-0.2, -0.15) is 0 Å². The molecule has 8 rings (SSSR count). The molecule has 0 amide bonds. The van der Waals surface area contributed by atoms with Gasteiger partial charge in [0.25, 0.3) is 0 Å². The zero-order valence-corrected chi connectivity index (χ0v) is 25.9. The van der Waals surface area contributed by atoms with Gasteiger partial charge in [0.15, 0.2) is 17.3 Å². The highest BCUT2D eigenvalue weighted by Gasteiger charge is 2.44. The summed E-state index contributed by atoms with van der Waals surface area (Å²) in [6, 6.07) is 27.8. The van der Waals surface area contributed by atoms with E-state index in [1.807, 2.05) is 66.7 Å². The van der Waals surface area contributed by atoms with Crippen LogP contribution in [-0.2, 0) is 5.41 Å². The molecule has 1 aliphatic heterocycles. The van der Waals surface area contributed by atoms with Crippen molar-refractivity contribution in [2.75, 3.05) is 4.90 Å². The molecule has 5 aromatic carbocycles. The highest BCUT2D eigenvalue weighted by Crippen LogP contribution is 2.55. The monoisotopic (exact) mass is 585 g/mol. The molecule has 218 valence electrons. The number of carbonyl (C=O) groups is 3. The summed E-state index contributed by atoms with van der Waals surface area (Å²) in [6.45, 7) is 10.6. The zero-order chi connectivity index (χ0) is 31.4. The Morgan fingerprint density at radius 2 is 1.13 bits per heavy atom. The maximum Gasteiger partial charge on any atom is 0.197 e. The molecular formula is C41H31NO3. The smallest absolute Gasteiger partial charge is 0.197 e. The molecule has 45 heavy (non-hydrogen) atoms. The largest absolute Gasteiger partial charge is 0.312 e. The fourth-order valence-electron chi connectivity index (χ4n) is 7.66. The van der Waals surface area contributed by atoms with Crippen LogP contribution in [0.15, 0.2) is 108 Å². The number of hydrogen-bond donors (Lipinski definition) is 0. The summed E-state index contributed by atoms with van der Waals surface area (Å²) < 4.78 is 0. The van der Waals surface area contributed by atoms with Crippen LogP contribution in [0.25, 0.3) is 21.9 Å². The van der Waals surface area contributed by atoms with Crippen LogP contribution in [0.3, 0.4) is 0 Å². The molecule has 3 aliphatic rings. The number of Topliss-reactive ketones (excluding diaryl/α,β-unsaturated/α-hetero) is 2. The third-order valence-corrected chi connectivity index (χ3v) is 9.77. The molecule has 0 atom stereocenters. The van der Waals surface area contributed by atoms with E-state index in [2.05, 4.69) is 63.8 Å². The maximum atomic E-state index is 13.7. The van der Waals surface area contributed by atoms with Crippen LogP contribution in [0.1, 0.15) is 72.7 Å². The Balaban J connectivity index is 1.34. The van der Waals surface area contributed by atoms with Gasteiger partial charge in [-0.25, -0.2) is 0 Å². The molecule has 0 aromatic heterocycles. The van der Waals surface area contributed by atoms with Crippen LogP contribution >= 0.6 is 0 Å². The van der Waals surface area contributed by atoms with Crippen molar-refractivity contribution >= 4 is 39.5 Å². The molecule has 0 spiro atoms. The van der Waals surface area contributed by atoms with Crippen molar-refractivity contribution in [3.05, 3.63) is 153 Å². The van der Waals surface area contributed by atoms with Crippen LogP contribution in [-0.4, -0.2) is 17.3 Å². The van der Waals surface area contributed by atoms with Gasteiger partial charge in [0, 0.05) is 33.4 Å². The number of aryl methyl sites for hydroxylation is 3. The number of allylic oxidation sites excluding steroid dienone is 4. The Bertz CT molecular complexity index is 2200. The van der Waals surface area contributed by atoms with Gasteiger partial charge in [-0.15, -0.1) is 0 Å². The minimum atomic E-state index is -0.535. The van der Waals surface area contributed by atoms with E-state index in [0.717, 1.165) is 61.2 Å². The summed E-state index contributed by atoms with van der Waals surface area (Å²) in [5.41, 5.74) is 11.3. The lowest BCUT2D eigenvalue weighted by atomic mass is 9.82. The number of anilines is 2. The quantitative estimate of drug-likeness (QED) is 0.150. The van der Waals surface area contributed by atoms with Crippen molar-refractivity contribution < 1.29 is 14.4 Å². The Morgan fingerprint density at radius 1 is 0.578 bits per heavy atom. The highest BCUT2D eigenvalue weighted by molar-refractivity contribution is 6.40. The van der Waals surface area contributed by atoms with E-state index >= 15 is 0 Å². The summed E-state index contributed by atoms with van der Waals surface area (Å²) in [5.74, 6) is -0.456. The predicted octanol–water partition coefficient (Wildman–Crippen LogP) is 9.30. The lowest BCUT2D eigenvalue weighted by molar-refractivity contribution is 0.0986. The van der Waals surface area contributed by atoms with E-state index in [1.54, 1.807) is 6.08 Å². The average molecular weight is 586 g/mol. The van der Waals surface area contributed by atoms with Gasteiger partial charge in [-0.1, -0.05) is 80.1 Å². The number of nitrogens with zero attached hydrogens (tertiary/aromatic N) is 1. The molecular weight excluding hydrogens is 554 g/mol. The predicted molar refractivity (Wildman–Crippen MR) is 180 cm³/mol. The molecule has 0 radical (unpaired) electrons. The third kappa shape index (κ3) is 3.75. The van der Waals surface area contributed by atoms with Gasteiger partial charge >= 0.3 is 0 Å². The molecule has 5 aromatic rings. The van der Waals surface area contributed by atoms with E-state index in [4.69, 9.17) is 0 Å². The third-order valence-electron chi connectivity index (χ3n) is 9.77. The standard InChI is InChI=1S/C41H31NO3/c1-22-16-23(2)37(24(3)17-22)42-35-21-30-27-12-8-9-13-28(27)38(43)33(30)20-34(35)41(4,5)36(42)15-14-29-39(44)31-18-25-10-6-7-11-26(25)19-32(31)40(29)45/h6-21H,1-5H3/b36-15+. The van der Waals surface area contributed by atoms with Crippen LogP contribution in [0.2, 0.25) is 0 Å². The van der Waals surface area contributed by atoms with Crippen molar-refractivity contribution in [3.8, 4) is 11.1 Å². The van der Waals surface area contributed by atoms with Crippen LogP contribution < -0.4 is 4.90 Å². The van der Waals surface area contributed by atoms with Crippen LogP contribution in [0.4, 0.5) is 11.4 Å². The first-order valence-corrected chi connectivity index (χ1v) is 15.3. The van der Waals surface area contributed by atoms with Crippen LogP contribution in [0.5, 0.6) is 0 Å². The fourth-order valence-corrected chi connectivity index (χ4v) is 7.66. The second-order valence-corrected chi connectivity index (χ2v) is 13.0. The Labute approximate surface area is 262 Å². The van der Waals surface area contributed by atoms with Crippen molar-refractivity contribution in [1.29, 1.82) is 0 Å². The molecule has 1 heterocycles. The second-order valence-electron chi connectivity index (χ2n) is 13.0. The molecule has 0 N–H and O–H groups in total. The van der Waals surface area contributed by atoms with Crippen molar-refractivity contribution in [1.82, 2.24) is 0 Å². The van der Waals surface area contributed by atoms with E-state index < -0.39 is 5.41 Å². The van der Waals surface area contributed by atoms with Crippen molar-refractivity contribution in [2.45, 2.75) is 40.0 Å². The van der Waals surface area contributed by atoms with Crippen LogP contribution in [0, 0.1) is 20.8 Å². The molecule has 0 fully saturated rings. The first-order valence-electron chi connectivity index (χ1n) is 15.3. The Kier molecular flexibility index (Phi) is 5.64. The first kappa shape index (κ1) is 27.2. The van der Waals surface area contributed by atoms with E-state index in [0.29, 0.717) is 16.7 Å². The molecule has 4 nitrogen and oxygen atoms in total. The molecule has 0 bridgehead atoms. The summed E-state index contributed by atoms with van der Waals surface area (Å²) in [7, 11) is 0. The average Bonchev–Trinajstić information content (AvgIpc) is 3.51. The van der Waals surface area contributed by atoms with Gasteiger partial charge in [-0.3, -0.25) is 14.4 Å². The first-order chi connectivity index (χ1) is 21.6. The van der Waals surface area contributed by atoms with E-state index in [1.165, 1.54) is 5.56 Å². The summed E-state index contributed by atoms with van der Waals surface area (Å²) in [5, 5.41) is 1.87.